The number of anilines is 1. The summed E-state index contributed by atoms with van der Waals surface area (Å²) in [6.45, 7) is 8.16. The number of carbonyl (C=O) groups is 1. The molecule has 0 radical (unpaired) electrons. The van der Waals surface area contributed by atoms with Gasteiger partial charge >= 0.3 is 0 Å². The molecule has 0 unspecified atom stereocenters. The molecule has 90 valence electrons. The minimum Gasteiger partial charge on any atom is -0.390 e. The highest BCUT2D eigenvalue weighted by Gasteiger charge is 2.28. The number of methoxy groups -OCH3 is 1. The number of hydrogen-bond donors (Lipinski definition) is 1. The second-order valence-corrected chi connectivity index (χ2v) is 6.04. The van der Waals surface area contributed by atoms with Crippen LogP contribution in [-0.4, -0.2) is 12.9 Å². The fourth-order valence-electron chi connectivity index (χ4n) is 1.51. The summed E-state index contributed by atoms with van der Waals surface area (Å²) < 4.78 is 5.09. The number of carbonyl (C=O) groups excluding carboxylic acids is 1. The molecule has 0 spiro atoms. The van der Waals surface area contributed by atoms with Crippen LogP contribution in [0, 0.1) is 12.3 Å². The van der Waals surface area contributed by atoms with Crippen LogP contribution < -0.4 is 5.73 Å². The van der Waals surface area contributed by atoms with Gasteiger partial charge in [0.25, 0.3) is 0 Å². The van der Waals surface area contributed by atoms with Crippen molar-refractivity contribution >= 4 is 22.1 Å². The molecule has 0 saturated carbocycles. The van der Waals surface area contributed by atoms with Crippen molar-refractivity contribution in [1.82, 2.24) is 0 Å². The molecule has 0 bridgehead atoms. The normalized spacial score (nSPS) is 11.8. The zero-order valence-electron chi connectivity index (χ0n) is 10.5. The number of nitrogens with two attached hydrogens (primary N) is 1. The predicted molar refractivity (Wildman–Crippen MR) is 68.0 cm³/mol. The van der Waals surface area contributed by atoms with Crippen LogP contribution in [0.25, 0.3) is 0 Å². The van der Waals surface area contributed by atoms with Crippen molar-refractivity contribution in [3.8, 4) is 0 Å². The molecule has 2 N–H and O–H groups in total. The Morgan fingerprint density at radius 1 is 1.44 bits per heavy atom. The van der Waals surface area contributed by atoms with Crippen LogP contribution in [0.2, 0.25) is 0 Å². The van der Waals surface area contributed by atoms with Crippen LogP contribution in [0.3, 0.4) is 0 Å². The Bertz CT molecular complexity index is 402. The van der Waals surface area contributed by atoms with Crippen LogP contribution >= 0.6 is 11.3 Å². The summed E-state index contributed by atoms with van der Waals surface area (Å²) in [5.74, 6) is 0.0982. The molecule has 3 nitrogen and oxygen atoms in total. The Labute approximate surface area is 101 Å². The highest BCUT2D eigenvalue weighted by Crippen LogP contribution is 2.35. The van der Waals surface area contributed by atoms with Crippen LogP contribution in [-0.2, 0) is 11.3 Å². The molecule has 1 rings (SSSR count). The molecule has 1 aromatic heterocycles. The maximum Gasteiger partial charge on any atom is 0.171 e. The van der Waals surface area contributed by atoms with E-state index >= 15 is 0 Å². The molecule has 16 heavy (non-hydrogen) atoms. The van der Waals surface area contributed by atoms with Gasteiger partial charge in [-0.3, -0.25) is 4.79 Å². The Kier molecular flexibility index (Phi) is 3.76. The van der Waals surface area contributed by atoms with Crippen molar-refractivity contribution in [2.75, 3.05) is 12.8 Å². The molecular formula is C12H19NO2S. The number of hydrogen-bond acceptors (Lipinski definition) is 4. The van der Waals surface area contributed by atoms with E-state index in [1.165, 1.54) is 11.3 Å². The zero-order chi connectivity index (χ0) is 12.5. The van der Waals surface area contributed by atoms with Gasteiger partial charge in [0.1, 0.15) is 0 Å². The van der Waals surface area contributed by atoms with E-state index in [9.17, 15) is 4.79 Å². The van der Waals surface area contributed by atoms with Gasteiger partial charge in [-0.15, -0.1) is 11.3 Å². The lowest BCUT2D eigenvalue weighted by molar-refractivity contribution is 0.0859. The van der Waals surface area contributed by atoms with Crippen LogP contribution in [0.1, 0.15) is 41.6 Å². The largest absolute Gasteiger partial charge is 0.390 e. The first-order valence-electron chi connectivity index (χ1n) is 5.20. The fourth-order valence-corrected chi connectivity index (χ4v) is 2.56. The van der Waals surface area contributed by atoms with Crippen molar-refractivity contribution in [1.29, 1.82) is 0 Å². The van der Waals surface area contributed by atoms with Gasteiger partial charge in [0, 0.05) is 17.4 Å². The molecule has 0 aliphatic rings. The average Bonchev–Trinajstić information content (AvgIpc) is 2.40. The third kappa shape index (κ3) is 2.44. The monoisotopic (exact) mass is 241 g/mol. The van der Waals surface area contributed by atoms with Gasteiger partial charge in [-0.05, 0) is 12.5 Å². The lowest BCUT2D eigenvalue weighted by Gasteiger charge is -2.17. The first-order valence-corrected chi connectivity index (χ1v) is 6.02. The third-order valence-electron chi connectivity index (χ3n) is 2.46. The Hall–Kier alpha value is -0.870. The van der Waals surface area contributed by atoms with Crippen molar-refractivity contribution in [2.45, 2.75) is 34.3 Å². The van der Waals surface area contributed by atoms with Gasteiger partial charge in [-0.2, -0.15) is 0 Å². The first kappa shape index (κ1) is 13.2. The lowest BCUT2D eigenvalue weighted by atomic mass is 9.85. The topological polar surface area (TPSA) is 52.3 Å². The number of rotatable bonds is 3. The fraction of sp³-hybridized carbons (Fsp3) is 0.583. The molecule has 0 amide bonds. The minimum atomic E-state index is -0.399. The van der Waals surface area contributed by atoms with Gasteiger partial charge in [0.05, 0.1) is 17.2 Å². The summed E-state index contributed by atoms with van der Waals surface area (Å²) in [4.78, 5) is 13.2. The van der Waals surface area contributed by atoms with Gasteiger partial charge in [0.2, 0.25) is 0 Å². The smallest absolute Gasteiger partial charge is 0.171 e. The van der Waals surface area contributed by atoms with Gasteiger partial charge in [-0.1, -0.05) is 20.8 Å². The molecule has 0 aromatic carbocycles. The van der Waals surface area contributed by atoms with Gasteiger partial charge in [-0.25, -0.2) is 0 Å². The summed E-state index contributed by atoms with van der Waals surface area (Å²) in [5, 5.41) is 0.601. The summed E-state index contributed by atoms with van der Waals surface area (Å²) in [7, 11) is 1.64. The summed E-state index contributed by atoms with van der Waals surface area (Å²) in [5.41, 5.74) is 7.15. The SMILES string of the molecule is COCc1sc(N)c(C(=O)C(C)(C)C)c1C. The van der Waals surface area contributed by atoms with E-state index in [0.717, 1.165) is 10.4 Å². The van der Waals surface area contributed by atoms with Gasteiger partial charge in [0.15, 0.2) is 5.78 Å². The Morgan fingerprint density at radius 2 is 2.00 bits per heavy atom. The summed E-state index contributed by atoms with van der Waals surface area (Å²) >= 11 is 1.44. The first-order chi connectivity index (χ1) is 7.29. The van der Waals surface area contributed by atoms with Crippen molar-refractivity contribution < 1.29 is 9.53 Å². The maximum absolute atomic E-state index is 12.2. The second kappa shape index (κ2) is 4.55. The predicted octanol–water partition coefficient (Wildman–Crippen LogP) is 3.01. The highest BCUT2D eigenvalue weighted by atomic mass is 32.1. The van der Waals surface area contributed by atoms with E-state index in [1.807, 2.05) is 27.7 Å². The molecule has 0 atom stereocenters. The van der Waals surface area contributed by atoms with E-state index in [0.29, 0.717) is 17.2 Å². The quantitative estimate of drug-likeness (QED) is 0.828. The van der Waals surface area contributed by atoms with Crippen LogP contribution in [0.4, 0.5) is 5.00 Å². The molecule has 0 saturated heterocycles. The molecule has 1 heterocycles. The molecule has 0 aliphatic heterocycles. The third-order valence-corrected chi connectivity index (χ3v) is 3.55. The molecule has 0 fully saturated rings. The van der Waals surface area contributed by atoms with Crippen LogP contribution in [0.5, 0.6) is 0 Å². The average molecular weight is 241 g/mol. The number of nitrogen functional groups attached to an aromatic ring is 1. The van der Waals surface area contributed by atoms with E-state index in [4.69, 9.17) is 10.5 Å². The van der Waals surface area contributed by atoms with E-state index < -0.39 is 5.41 Å². The Morgan fingerprint density at radius 3 is 2.44 bits per heavy atom. The van der Waals surface area contributed by atoms with E-state index in [-0.39, 0.29) is 5.78 Å². The second-order valence-electron chi connectivity index (χ2n) is 4.90. The molecule has 0 aliphatic carbocycles. The summed E-state index contributed by atoms with van der Waals surface area (Å²) in [6.07, 6.45) is 0. The van der Waals surface area contributed by atoms with E-state index in [2.05, 4.69) is 0 Å². The highest BCUT2D eigenvalue weighted by molar-refractivity contribution is 7.16. The molecular weight excluding hydrogens is 222 g/mol. The van der Waals surface area contributed by atoms with E-state index in [1.54, 1.807) is 7.11 Å². The molecule has 1 aromatic rings. The van der Waals surface area contributed by atoms with Crippen molar-refractivity contribution in [2.24, 2.45) is 5.41 Å². The number of ketones is 1. The van der Waals surface area contributed by atoms with Gasteiger partial charge < -0.3 is 10.5 Å². The number of Topliss-reactive ketones (excluding diaryl/α,β-unsaturated/α-hetero) is 1. The number of ether oxygens (including phenoxy) is 1. The Balaban J connectivity index is 3.20. The zero-order valence-corrected chi connectivity index (χ0v) is 11.3. The van der Waals surface area contributed by atoms with Crippen molar-refractivity contribution in [3.05, 3.63) is 16.0 Å². The summed E-state index contributed by atoms with van der Waals surface area (Å²) in [6, 6.07) is 0. The minimum absolute atomic E-state index is 0.0982. The lowest BCUT2D eigenvalue weighted by Crippen LogP contribution is -2.21. The number of thiophene rings is 1. The standard InChI is InChI=1S/C12H19NO2S/c1-7-8(6-15-5)16-11(13)9(7)10(14)12(2,3)4/h6,13H2,1-5H3. The molecule has 4 heteroatoms. The maximum atomic E-state index is 12.2. The van der Waals surface area contributed by atoms with Crippen molar-refractivity contribution in [3.63, 3.8) is 0 Å². The van der Waals surface area contributed by atoms with Crippen LogP contribution in [0.15, 0.2) is 0 Å².